The molecule has 1 unspecified atom stereocenters. The third kappa shape index (κ3) is 2.06. The Morgan fingerprint density at radius 1 is 1.04 bits per heavy atom. The molecule has 5 rings (SSSR count). The molecule has 4 aliphatic rings. The second-order valence-electron chi connectivity index (χ2n) is 7.96. The normalized spacial score (nSPS) is 30.4. The lowest BCUT2D eigenvalue weighted by molar-refractivity contribution is -0.146. The molecule has 4 fully saturated rings. The third-order valence-electron chi connectivity index (χ3n) is 6.31. The Labute approximate surface area is 142 Å². The van der Waals surface area contributed by atoms with E-state index < -0.39 is 5.54 Å². The molecule has 1 aromatic heterocycles. The van der Waals surface area contributed by atoms with Crippen LogP contribution in [0.2, 0.25) is 0 Å². The van der Waals surface area contributed by atoms with Crippen molar-refractivity contribution in [1.29, 1.82) is 0 Å². The summed E-state index contributed by atoms with van der Waals surface area (Å²) in [5.74, 6) is 0.294. The van der Waals surface area contributed by atoms with Crippen LogP contribution in [0.25, 0.3) is 0 Å². The molecule has 2 saturated carbocycles. The summed E-state index contributed by atoms with van der Waals surface area (Å²) in [4.78, 5) is 30.6. The summed E-state index contributed by atoms with van der Waals surface area (Å²) >= 11 is 0. The lowest BCUT2D eigenvalue weighted by atomic mass is 9.85. The van der Waals surface area contributed by atoms with Crippen molar-refractivity contribution >= 4 is 11.8 Å². The second-order valence-corrected chi connectivity index (χ2v) is 7.96. The summed E-state index contributed by atoms with van der Waals surface area (Å²) in [6.07, 6.45) is 10.3. The highest BCUT2D eigenvalue weighted by molar-refractivity contribution is 5.99. The zero-order valence-corrected chi connectivity index (χ0v) is 14.1. The van der Waals surface area contributed by atoms with E-state index >= 15 is 0 Å². The van der Waals surface area contributed by atoms with Crippen molar-refractivity contribution in [3.05, 3.63) is 24.0 Å². The van der Waals surface area contributed by atoms with Gasteiger partial charge in [0.15, 0.2) is 0 Å². The zero-order chi connectivity index (χ0) is 16.3. The third-order valence-corrected chi connectivity index (χ3v) is 6.31. The molecular weight excluding hydrogens is 302 g/mol. The van der Waals surface area contributed by atoms with Crippen LogP contribution in [0.15, 0.2) is 18.3 Å². The number of hydrogen-bond acceptors (Lipinski definition) is 2. The highest BCUT2D eigenvalue weighted by Crippen LogP contribution is 2.43. The van der Waals surface area contributed by atoms with Crippen molar-refractivity contribution in [1.82, 2.24) is 14.4 Å². The molecule has 1 spiro atoms. The Morgan fingerprint density at radius 2 is 1.75 bits per heavy atom. The van der Waals surface area contributed by atoms with E-state index in [1.807, 2.05) is 23.2 Å². The first-order chi connectivity index (χ1) is 11.7. The molecule has 0 bridgehead atoms. The fourth-order valence-electron chi connectivity index (χ4n) is 4.79. The molecule has 3 heterocycles. The molecule has 1 aromatic rings. The number of carbonyl (C=O) groups excluding carboxylic acids is 2. The van der Waals surface area contributed by atoms with E-state index in [1.54, 1.807) is 0 Å². The van der Waals surface area contributed by atoms with Gasteiger partial charge in [0.2, 0.25) is 5.91 Å². The molecule has 1 atom stereocenters. The van der Waals surface area contributed by atoms with Crippen molar-refractivity contribution in [2.45, 2.75) is 69.0 Å². The van der Waals surface area contributed by atoms with E-state index in [-0.39, 0.29) is 11.8 Å². The fraction of sp³-hybridized carbons (Fsp3) is 0.684. The Kier molecular flexibility index (Phi) is 3.10. The van der Waals surface area contributed by atoms with E-state index in [1.165, 1.54) is 0 Å². The van der Waals surface area contributed by atoms with Gasteiger partial charge in [-0.3, -0.25) is 9.59 Å². The second kappa shape index (κ2) is 5.11. The van der Waals surface area contributed by atoms with Crippen LogP contribution in [0.4, 0.5) is 0 Å². The molecule has 0 N–H and O–H groups in total. The summed E-state index contributed by atoms with van der Waals surface area (Å²) in [6, 6.07) is 4.83. The van der Waals surface area contributed by atoms with Crippen LogP contribution in [0.3, 0.4) is 0 Å². The van der Waals surface area contributed by atoms with Crippen LogP contribution >= 0.6 is 0 Å². The number of hydrogen-bond donors (Lipinski definition) is 0. The number of rotatable bonds is 3. The molecule has 5 heteroatoms. The predicted octanol–water partition coefficient (Wildman–Crippen LogP) is 2.58. The fourth-order valence-corrected chi connectivity index (χ4v) is 4.79. The summed E-state index contributed by atoms with van der Waals surface area (Å²) in [5.41, 5.74) is 0.214. The molecule has 2 aliphatic heterocycles. The maximum atomic E-state index is 13.3. The van der Waals surface area contributed by atoms with Crippen molar-refractivity contribution in [3.63, 3.8) is 0 Å². The van der Waals surface area contributed by atoms with Crippen LogP contribution in [0.1, 0.15) is 67.9 Å². The van der Waals surface area contributed by atoms with Crippen LogP contribution in [0.5, 0.6) is 0 Å². The minimum Gasteiger partial charge on any atom is -0.340 e. The minimum absolute atomic E-state index is 0.0652. The molecule has 0 aromatic carbocycles. The average Bonchev–Trinajstić information content (AvgIpc) is 3.52. The quantitative estimate of drug-likeness (QED) is 0.856. The van der Waals surface area contributed by atoms with Gasteiger partial charge in [-0.25, -0.2) is 0 Å². The van der Waals surface area contributed by atoms with Gasteiger partial charge in [-0.1, -0.05) is 0 Å². The number of nitrogens with zero attached hydrogens (tertiary/aromatic N) is 3. The molecule has 2 aliphatic carbocycles. The van der Waals surface area contributed by atoms with Gasteiger partial charge in [0.05, 0.1) is 0 Å². The highest BCUT2D eigenvalue weighted by Gasteiger charge is 2.55. The standard InChI is InChI=1S/C19H25N3O2/c23-17(16-4-1-11-20(16)14-5-6-14)22-13-3-10-19(22)9-2-12-21(18(19)24)15-7-8-15/h1,4,11,14-15H,2-3,5-10,12-13H2. The topological polar surface area (TPSA) is 45.6 Å². The molecule has 128 valence electrons. The highest BCUT2D eigenvalue weighted by atomic mass is 16.2. The molecule has 5 nitrogen and oxygen atoms in total. The van der Waals surface area contributed by atoms with E-state index in [0.29, 0.717) is 12.1 Å². The lowest BCUT2D eigenvalue weighted by Gasteiger charge is -2.44. The number of amides is 2. The lowest BCUT2D eigenvalue weighted by Crippen LogP contribution is -2.61. The van der Waals surface area contributed by atoms with Crippen LogP contribution < -0.4 is 0 Å². The molecule has 0 radical (unpaired) electrons. The number of piperidine rings is 1. The predicted molar refractivity (Wildman–Crippen MR) is 89.7 cm³/mol. The Morgan fingerprint density at radius 3 is 2.46 bits per heavy atom. The Balaban J connectivity index is 1.47. The Hall–Kier alpha value is -1.78. The van der Waals surface area contributed by atoms with Gasteiger partial charge in [0.1, 0.15) is 11.2 Å². The van der Waals surface area contributed by atoms with Gasteiger partial charge >= 0.3 is 0 Å². The first kappa shape index (κ1) is 14.6. The number of carbonyl (C=O) groups is 2. The smallest absolute Gasteiger partial charge is 0.271 e. The van der Waals surface area contributed by atoms with Gasteiger partial charge in [-0.05, 0) is 63.5 Å². The van der Waals surface area contributed by atoms with Crippen LogP contribution in [-0.4, -0.2) is 50.9 Å². The largest absolute Gasteiger partial charge is 0.340 e. The maximum absolute atomic E-state index is 13.3. The Bertz CT molecular complexity index is 689. The van der Waals surface area contributed by atoms with Crippen LogP contribution in [-0.2, 0) is 4.79 Å². The van der Waals surface area contributed by atoms with Gasteiger partial charge < -0.3 is 14.4 Å². The van der Waals surface area contributed by atoms with Gasteiger partial charge in [-0.2, -0.15) is 0 Å². The van der Waals surface area contributed by atoms with Gasteiger partial charge in [-0.15, -0.1) is 0 Å². The van der Waals surface area contributed by atoms with Gasteiger partial charge in [0, 0.05) is 31.4 Å². The average molecular weight is 327 g/mol. The summed E-state index contributed by atoms with van der Waals surface area (Å²) in [5, 5.41) is 0. The summed E-state index contributed by atoms with van der Waals surface area (Å²) < 4.78 is 2.13. The minimum atomic E-state index is -0.559. The van der Waals surface area contributed by atoms with Gasteiger partial charge in [0.25, 0.3) is 5.91 Å². The molecule has 2 amide bonds. The molecule has 2 saturated heterocycles. The van der Waals surface area contributed by atoms with Crippen molar-refractivity contribution in [2.75, 3.05) is 13.1 Å². The maximum Gasteiger partial charge on any atom is 0.271 e. The van der Waals surface area contributed by atoms with Crippen LogP contribution in [0, 0.1) is 0 Å². The summed E-state index contributed by atoms with van der Waals surface area (Å²) in [7, 11) is 0. The summed E-state index contributed by atoms with van der Waals surface area (Å²) in [6.45, 7) is 1.60. The number of aromatic nitrogens is 1. The van der Waals surface area contributed by atoms with Crippen molar-refractivity contribution in [3.8, 4) is 0 Å². The zero-order valence-electron chi connectivity index (χ0n) is 14.1. The molecular formula is C19H25N3O2. The van der Waals surface area contributed by atoms with E-state index in [9.17, 15) is 9.59 Å². The SMILES string of the molecule is O=C(c1cccn1C1CC1)N1CCCC12CCCN(C1CC1)C2=O. The first-order valence-corrected chi connectivity index (χ1v) is 9.51. The van der Waals surface area contributed by atoms with E-state index in [4.69, 9.17) is 0 Å². The van der Waals surface area contributed by atoms with Crippen molar-refractivity contribution < 1.29 is 9.59 Å². The monoisotopic (exact) mass is 327 g/mol. The number of likely N-dealkylation sites (tertiary alicyclic amines) is 2. The first-order valence-electron chi connectivity index (χ1n) is 9.51. The molecule has 24 heavy (non-hydrogen) atoms. The van der Waals surface area contributed by atoms with E-state index in [0.717, 1.165) is 70.2 Å². The van der Waals surface area contributed by atoms with Crippen molar-refractivity contribution in [2.24, 2.45) is 0 Å². The van der Waals surface area contributed by atoms with E-state index in [2.05, 4.69) is 9.47 Å².